The van der Waals surface area contributed by atoms with Crippen molar-refractivity contribution in [3.8, 4) is 0 Å². The molecule has 3 aromatic rings. The highest BCUT2D eigenvalue weighted by molar-refractivity contribution is 5.98. The summed E-state index contributed by atoms with van der Waals surface area (Å²) in [4.78, 5) is 75.5. The van der Waals surface area contributed by atoms with Gasteiger partial charge in [-0.2, -0.15) is 0 Å². The zero-order chi connectivity index (χ0) is 37.9. The van der Waals surface area contributed by atoms with E-state index in [0.29, 0.717) is 11.1 Å². The van der Waals surface area contributed by atoms with Gasteiger partial charge in [-0.3, -0.25) is 28.8 Å². The first-order valence-corrected chi connectivity index (χ1v) is 17.0. The van der Waals surface area contributed by atoms with Gasteiger partial charge in [-0.15, -0.1) is 0 Å². The molecule has 12 nitrogen and oxygen atoms in total. The molecule has 4 amide bonds. The molecular formula is C39H50N4O8. The van der Waals surface area contributed by atoms with Crippen LogP contribution in [-0.4, -0.2) is 63.4 Å². The molecule has 3 rings (SSSR count). The summed E-state index contributed by atoms with van der Waals surface area (Å²) in [5, 5.41) is 31.6. The van der Waals surface area contributed by atoms with Gasteiger partial charge >= 0.3 is 11.9 Å². The van der Waals surface area contributed by atoms with Crippen LogP contribution < -0.4 is 21.3 Å². The Morgan fingerprint density at radius 2 is 1.24 bits per heavy atom. The van der Waals surface area contributed by atoms with E-state index in [9.17, 15) is 33.9 Å². The minimum absolute atomic E-state index is 0.0282. The third kappa shape index (κ3) is 13.2. The molecule has 0 aliphatic rings. The van der Waals surface area contributed by atoms with Crippen LogP contribution in [0, 0.1) is 11.3 Å². The lowest BCUT2D eigenvalue weighted by atomic mass is 9.77. The van der Waals surface area contributed by atoms with E-state index < -0.39 is 58.6 Å². The average Bonchev–Trinajstić information content (AvgIpc) is 3.03. The molecule has 0 saturated carbocycles. The van der Waals surface area contributed by atoms with Gasteiger partial charge in [-0.1, -0.05) is 75.4 Å². The molecule has 274 valence electrons. The molecule has 0 aliphatic carbocycles. The summed E-state index contributed by atoms with van der Waals surface area (Å²) in [6, 6.07) is 18.3. The van der Waals surface area contributed by atoms with Crippen molar-refractivity contribution in [2.75, 3.05) is 0 Å². The Hall–Kier alpha value is -5.26. The summed E-state index contributed by atoms with van der Waals surface area (Å²) in [7, 11) is 0. The van der Waals surface area contributed by atoms with Crippen LogP contribution in [0.5, 0.6) is 0 Å². The molecular weight excluding hydrogens is 652 g/mol. The van der Waals surface area contributed by atoms with Crippen molar-refractivity contribution in [1.82, 2.24) is 21.3 Å². The fraction of sp³-hybridized carbons (Fsp3) is 0.436. The monoisotopic (exact) mass is 702 g/mol. The molecule has 0 heterocycles. The van der Waals surface area contributed by atoms with Gasteiger partial charge in [0.15, 0.2) is 0 Å². The van der Waals surface area contributed by atoms with E-state index in [0.717, 1.165) is 16.3 Å². The first kappa shape index (κ1) is 40.2. The van der Waals surface area contributed by atoms with Crippen molar-refractivity contribution in [1.29, 1.82) is 0 Å². The molecule has 12 heteroatoms. The molecule has 0 aliphatic heterocycles. The molecule has 0 unspecified atom stereocenters. The summed E-state index contributed by atoms with van der Waals surface area (Å²) in [6.07, 6.45) is -0.426. The van der Waals surface area contributed by atoms with Crippen LogP contribution in [0.3, 0.4) is 0 Å². The number of carboxylic acid groups (broad SMARTS) is 2. The number of fused-ring (bicyclic) bond motifs is 1. The van der Waals surface area contributed by atoms with E-state index in [2.05, 4.69) is 21.3 Å². The number of rotatable bonds is 16. The van der Waals surface area contributed by atoms with Crippen molar-refractivity contribution >= 4 is 46.3 Å². The number of benzene rings is 3. The van der Waals surface area contributed by atoms with Gasteiger partial charge in [-0.25, -0.2) is 0 Å². The van der Waals surface area contributed by atoms with Crippen molar-refractivity contribution in [2.45, 2.75) is 97.8 Å². The molecule has 51 heavy (non-hydrogen) atoms. The minimum Gasteiger partial charge on any atom is -0.481 e. The Bertz CT molecular complexity index is 1720. The molecule has 0 saturated heterocycles. The largest absolute Gasteiger partial charge is 0.481 e. The Labute approximate surface area is 298 Å². The molecule has 0 fully saturated rings. The number of carbonyl (C=O) groups is 6. The van der Waals surface area contributed by atoms with Gasteiger partial charge in [0.1, 0.15) is 12.1 Å². The highest BCUT2D eigenvalue weighted by Gasteiger charge is 2.34. The predicted octanol–water partition coefficient (Wildman–Crippen LogP) is 4.59. The number of carbonyl (C=O) groups excluding carboxylic acids is 4. The molecule has 0 radical (unpaired) electrons. The molecule has 6 N–H and O–H groups in total. The van der Waals surface area contributed by atoms with Crippen LogP contribution in [0.25, 0.3) is 10.8 Å². The van der Waals surface area contributed by atoms with Gasteiger partial charge < -0.3 is 31.5 Å². The van der Waals surface area contributed by atoms with Crippen molar-refractivity contribution in [3.63, 3.8) is 0 Å². The third-order valence-corrected chi connectivity index (χ3v) is 8.35. The van der Waals surface area contributed by atoms with Gasteiger partial charge in [0.2, 0.25) is 17.7 Å². The number of hydrogen-bond donors (Lipinski definition) is 6. The lowest BCUT2D eigenvalue weighted by Crippen LogP contribution is -2.53. The first-order valence-electron chi connectivity index (χ1n) is 17.0. The van der Waals surface area contributed by atoms with E-state index >= 15 is 0 Å². The summed E-state index contributed by atoms with van der Waals surface area (Å²) < 4.78 is 0. The van der Waals surface area contributed by atoms with E-state index in [4.69, 9.17) is 5.11 Å². The van der Waals surface area contributed by atoms with Crippen LogP contribution in [-0.2, 0) is 36.9 Å². The fourth-order valence-corrected chi connectivity index (χ4v) is 5.63. The van der Waals surface area contributed by atoms with E-state index in [1.54, 1.807) is 45.0 Å². The number of aliphatic carboxylic acids is 2. The topological polar surface area (TPSA) is 191 Å². The Kier molecular flexibility index (Phi) is 13.9. The standard InChI is InChI=1S/C39H50N4O8/c1-38(2,3)29(17-19-32(44)45)35(49)41-30(18-20-33(46)47)36(50)40-23-24-11-15-27(16-12-24)34(48)42-31(37(51)43-39(4,5)6)22-25-13-14-26-9-7-8-10-28(26)21-25/h7-16,21,29-31H,17-20,22-23H2,1-6H3,(H,40,50)(H,41,49)(H,42,48)(H,43,51)(H,44,45)(H,46,47)/t29-,30-,31-/m0/s1. The molecule has 0 aromatic heterocycles. The quantitative estimate of drug-likeness (QED) is 0.125. The highest BCUT2D eigenvalue weighted by Crippen LogP contribution is 2.30. The number of nitrogens with one attached hydrogen (secondary N) is 4. The van der Waals surface area contributed by atoms with Crippen molar-refractivity contribution < 1.29 is 39.0 Å². The number of hydrogen-bond acceptors (Lipinski definition) is 6. The van der Waals surface area contributed by atoms with Crippen LogP contribution >= 0.6 is 0 Å². The number of amides is 4. The third-order valence-electron chi connectivity index (χ3n) is 8.35. The average molecular weight is 703 g/mol. The Morgan fingerprint density at radius 3 is 1.82 bits per heavy atom. The maximum absolute atomic E-state index is 13.4. The second-order valence-electron chi connectivity index (χ2n) is 14.9. The Balaban J connectivity index is 1.69. The van der Waals surface area contributed by atoms with E-state index in [-0.39, 0.29) is 44.6 Å². The second kappa shape index (κ2) is 17.6. The summed E-state index contributed by atoms with van der Waals surface area (Å²) in [6.45, 7) is 11.0. The van der Waals surface area contributed by atoms with Crippen molar-refractivity contribution in [2.24, 2.45) is 11.3 Å². The van der Waals surface area contributed by atoms with Gasteiger partial charge in [-0.05, 0) is 73.1 Å². The molecule has 3 atom stereocenters. The van der Waals surface area contributed by atoms with Crippen LogP contribution in [0.15, 0.2) is 66.7 Å². The lowest BCUT2D eigenvalue weighted by molar-refractivity contribution is -0.140. The lowest BCUT2D eigenvalue weighted by Gasteiger charge is -2.31. The molecule has 0 bridgehead atoms. The molecule has 0 spiro atoms. The molecule has 3 aromatic carbocycles. The summed E-state index contributed by atoms with van der Waals surface area (Å²) in [5.74, 6) is -4.80. The Morgan fingerprint density at radius 1 is 0.647 bits per heavy atom. The van der Waals surface area contributed by atoms with Gasteiger partial charge in [0.05, 0.1) is 0 Å². The maximum Gasteiger partial charge on any atom is 0.303 e. The maximum atomic E-state index is 13.4. The SMILES string of the molecule is CC(C)(C)NC(=O)[C@H](Cc1ccc2ccccc2c1)NC(=O)c1ccc(CNC(=O)[C@H](CCC(=O)O)NC(=O)[C@H](CCC(=O)O)C(C)(C)C)cc1. The van der Waals surface area contributed by atoms with Gasteiger partial charge in [0.25, 0.3) is 5.91 Å². The van der Waals surface area contributed by atoms with Crippen molar-refractivity contribution in [3.05, 3.63) is 83.4 Å². The van der Waals surface area contributed by atoms with Gasteiger partial charge in [0, 0.05) is 42.8 Å². The van der Waals surface area contributed by atoms with Crippen LogP contribution in [0.4, 0.5) is 0 Å². The zero-order valence-electron chi connectivity index (χ0n) is 30.2. The minimum atomic E-state index is -1.16. The highest BCUT2D eigenvalue weighted by atomic mass is 16.4. The first-order chi connectivity index (χ1) is 23.8. The summed E-state index contributed by atoms with van der Waals surface area (Å²) >= 11 is 0. The van der Waals surface area contributed by atoms with Crippen LogP contribution in [0.2, 0.25) is 0 Å². The number of carboxylic acids is 2. The smallest absolute Gasteiger partial charge is 0.303 e. The second-order valence-corrected chi connectivity index (χ2v) is 14.9. The zero-order valence-corrected chi connectivity index (χ0v) is 30.2. The van der Waals surface area contributed by atoms with Crippen LogP contribution in [0.1, 0.15) is 88.7 Å². The van der Waals surface area contributed by atoms with E-state index in [1.165, 1.54) is 0 Å². The fourth-order valence-electron chi connectivity index (χ4n) is 5.63. The predicted molar refractivity (Wildman–Crippen MR) is 194 cm³/mol. The normalized spacial score (nSPS) is 13.4. The van der Waals surface area contributed by atoms with E-state index in [1.807, 2.05) is 63.2 Å². The summed E-state index contributed by atoms with van der Waals surface area (Å²) in [5.41, 5.74) is 0.711.